The van der Waals surface area contributed by atoms with Crippen LogP contribution >= 0.6 is 23.5 Å². The van der Waals surface area contributed by atoms with E-state index >= 15 is 0 Å². The number of hydrogen-bond donors (Lipinski definition) is 2. The molecule has 2 N–H and O–H groups in total. The molecule has 10 heteroatoms. The van der Waals surface area contributed by atoms with Crippen LogP contribution in [-0.2, 0) is 20.7 Å². The fourth-order valence-corrected chi connectivity index (χ4v) is 7.13. The lowest BCUT2D eigenvalue weighted by atomic mass is 9.70. The van der Waals surface area contributed by atoms with Crippen LogP contribution in [0.15, 0.2) is 48.6 Å². The first-order chi connectivity index (χ1) is 24.5. The van der Waals surface area contributed by atoms with Crippen molar-refractivity contribution < 1.29 is 24.2 Å². The number of aliphatic hydroxyl groups is 1. The van der Waals surface area contributed by atoms with Gasteiger partial charge >= 0.3 is 0 Å². The van der Waals surface area contributed by atoms with Gasteiger partial charge in [0.15, 0.2) is 6.10 Å². The van der Waals surface area contributed by atoms with E-state index in [4.69, 9.17) is 21.1 Å². The summed E-state index contributed by atoms with van der Waals surface area (Å²) >= 11 is 7.73. The van der Waals surface area contributed by atoms with E-state index < -0.39 is 12.0 Å². The summed E-state index contributed by atoms with van der Waals surface area (Å²) in [6, 6.07) is 11.8. The second kappa shape index (κ2) is 23.1. The quantitative estimate of drug-likeness (QED) is 0.139. The number of halogens is 1. The third-order valence-electron chi connectivity index (χ3n) is 9.35. The zero-order chi connectivity index (χ0) is 38.1. The van der Waals surface area contributed by atoms with E-state index in [-0.39, 0.29) is 23.2 Å². The Kier molecular flexibility index (Phi) is 20.1. The molecule has 1 fully saturated rings. The van der Waals surface area contributed by atoms with Crippen molar-refractivity contribution in [2.24, 2.45) is 11.8 Å². The first-order valence-corrected chi connectivity index (χ1v) is 20.1. The van der Waals surface area contributed by atoms with E-state index in [1.807, 2.05) is 66.8 Å². The molecule has 2 aromatic carbocycles. The molecule has 0 aromatic heterocycles. The van der Waals surface area contributed by atoms with E-state index in [1.165, 1.54) is 23.1 Å². The summed E-state index contributed by atoms with van der Waals surface area (Å²) in [5.74, 6) is 1.22. The Bertz CT molecular complexity index is 1390. The molecule has 1 aliphatic carbocycles. The first kappa shape index (κ1) is 44.4. The molecule has 8 nitrogen and oxygen atoms in total. The molecule has 2 aromatic rings. The topological polar surface area (TPSA) is 91.3 Å². The number of methoxy groups -OCH3 is 1. The second-order valence-corrected chi connectivity index (χ2v) is 14.9. The lowest BCUT2D eigenvalue weighted by Crippen LogP contribution is -2.44. The fourth-order valence-electron chi connectivity index (χ4n) is 6.47. The number of carbonyl (C=O) groups is 2. The van der Waals surface area contributed by atoms with Crippen LogP contribution in [0.1, 0.15) is 110 Å². The Balaban J connectivity index is 0.00000217. The SMILES string of the molecule is CC.CC.CCCc1cc(Cl)ccc1C1COc2ccc(C(O)C(=O)NSC(C)C)cc2N(CC2CCC2C(/C=C/CCN(C)C(C)=O)OC)C1. The molecule has 5 atom stereocenters. The number of hydrogen-bond acceptors (Lipinski definition) is 7. The molecule has 2 amide bonds. The minimum absolute atomic E-state index is 0.0161. The minimum Gasteiger partial charge on any atom is -0.491 e. The number of carbonyl (C=O) groups excluding carboxylic acids is 2. The van der Waals surface area contributed by atoms with Crippen molar-refractivity contribution in [3.8, 4) is 5.75 Å². The van der Waals surface area contributed by atoms with Gasteiger partial charge in [-0.3, -0.25) is 14.3 Å². The number of amides is 2. The van der Waals surface area contributed by atoms with Crippen LogP contribution < -0.4 is 14.4 Å². The highest BCUT2D eigenvalue weighted by atomic mass is 35.5. The van der Waals surface area contributed by atoms with Crippen molar-refractivity contribution in [3.05, 3.63) is 70.3 Å². The molecule has 0 spiro atoms. The van der Waals surface area contributed by atoms with Crippen molar-refractivity contribution >= 4 is 41.1 Å². The van der Waals surface area contributed by atoms with Gasteiger partial charge in [-0.05, 0) is 90.4 Å². The molecular formula is C41H64ClN3O5S. The summed E-state index contributed by atoms with van der Waals surface area (Å²) in [7, 11) is 3.59. The van der Waals surface area contributed by atoms with Crippen LogP contribution in [-0.4, -0.2) is 73.6 Å². The van der Waals surface area contributed by atoms with Gasteiger partial charge in [0.1, 0.15) is 5.75 Å². The van der Waals surface area contributed by atoms with Gasteiger partial charge in [-0.15, -0.1) is 0 Å². The molecular weight excluding hydrogens is 682 g/mol. The normalized spacial score (nSPS) is 19.2. The predicted molar refractivity (Wildman–Crippen MR) is 215 cm³/mol. The first-order valence-electron chi connectivity index (χ1n) is 18.9. The van der Waals surface area contributed by atoms with Gasteiger partial charge in [0.2, 0.25) is 5.91 Å². The molecule has 2 aliphatic rings. The predicted octanol–water partition coefficient (Wildman–Crippen LogP) is 9.00. The Morgan fingerprint density at radius 2 is 1.88 bits per heavy atom. The second-order valence-electron chi connectivity index (χ2n) is 13.1. The van der Waals surface area contributed by atoms with Crippen molar-refractivity contribution in [1.29, 1.82) is 0 Å². The third-order valence-corrected chi connectivity index (χ3v) is 10.4. The summed E-state index contributed by atoms with van der Waals surface area (Å²) in [6.07, 6.45) is 7.87. The van der Waals surface area contributed by atoms with Gasteiger partial charge in [-0.2, -0.15) is 0 Å². The van der Waals surface area contributed by atoms with Crippen LogP contribution in [0.5, 0.6) is 5.75 Å². The van der Waals surface area contributed by atoms with Gasteiger partial charge in [-0.25, -0.2) is 0 Å². The number of aryl methyl sites for hydroxylation is 1. The average Bonchev–Trinajstić information content (AvgIpc) is 3.30. The molecule has 0 radical (unpaired) electrons. The molecule has 286 valence electrons. The minimum atomic E-state index is -1.29. The van der Waals surface area contributed by atoms with E-state index in [9.17, 15) is 14.7 Å². The molecule has 4 rings (SSSR count). The maximum Gasteiger partial charge on any atom is 0.263 e. The molecule has 1 saturated carbocycles. The van der Waals surface area contributed by atoms with Crippen molar-refractivity contribution in [2.75, 3.05) is 45.3 Å². The van der Waals surface area contributed by atoms with Crippen LogP contribution in [0, 0.1) is 11.8 Å². The highest BCUT2D eigenvalue weighted by molar-refractivity contribution is 7.98. The number of nitrogens with zero attached hydrogens (tertiary/aromatic N) is 2. The maximum absolute atomic E-state index is 12.8. The maximum atomic E-state index is 12.8. The number of nitrogens with one attached hydrogen (secondary N) is 1. The van der Waals surface area contributed by atoms with Crippen molar-refractivity contribution in [2.45, 2.75) is 111 Å². The lowest BCUT2D eigenvalue weighted by Gasteiger charge is -2.43. The summed E-state index contributed by atoms with van der Waals surface area (Å²) in [5.41, 5.74) is 3.92. The Hall–Kier alpha value is -2.72. The summed E-state index contributed by atoms with van der Waals surface area (Å²) < 4.78 is 15.2. The van der Waals surface area contributed by atoms with Gasteiger partial charge < -0.3 is 24.4 Å². The van der Waals surface area contributed by atoms with E-state index in [0.717, 1.165) is 61.7 Å². The molecule has 0 saturated heterocycles. The van der Waals surface area contributed by atoms with Gasteiger partial charge in [0, 0.05) is 56.9 Å². The molecule has 1 heterocycles. The molecule has 0 bridgehead atoms. The number of benzene rings is 2. The monoisotopic (exact) mass is 745 g/mol. The zero-order valence-electron chi connectivity index (χ0n) is 32.7. The van der Waals surface area contributed by atoms with E-state index in [0.29, 0.717) is 30.6 Å². The van der Waals surface area contributed by atoms with Crippen LogP contribution in [0.25, 0.3) is 0 Å². The Morgan fingerprint density at radius 3 is 2.49 bits per heavy atom. The van der Waals surface area contributed by atoms with Gasteiger partial charge in [0.25, 0.3) is 5.91 Å². The van der Waals surface area contributed by atoms with E-state index in [1.54, 1.807) is 25.0 Å². The summed E-state index contributed by atoms with van der Waals surface area (Å²) in [4.78, 5) is 28.5. The smallest absolute Gasteiger partial charge is 0.263 e. The molecule has 5 unspecified atom stereocenters. The fraction of sp³-hybridized carbons (Fsp3) is 0.610. The third kappa shape index (κ3) is 13.0. The number of aliphatic hydroxyl groups excluding tert-OH is 1. The van der Waals surface area contributed by atoms with Gasteiger partial charge in [-0.1, -0.05) is 90.8 Å². The summed E-state index contributed by atoms with van der Waals surface area (Å²) in [6.45, 7) is 18.5. The molecule has 1 aliphatic heterocycles. The highest BCUT2D eigenvalue weighted by Crippen LogP contribution is 2.43. The number of fused-ring (bicyclic) bond motifs is 1. The number of ether oxygens (including phenoxy) is 2. The van der Waals surface area contributed by atoms with Crippen LogP contribution in [0.2, 0.25) is 5.02 Å². The zero-order valence-corrected chi connectivity index (χ0v) is 34.3. The van der Waals surface area contributed by atoms with Crippen molar-refractivity contribution in [1.82, 2.24) is 9.62 Å². The average molecular weight is 746 g/mol. The lowest BCUT2D eigenvalue weighted by molar-refractivity contribution is -0.128. The standard InChI is InChI=1S/C37H52ClN3O5S.2C2H6/c1-7-10-26-19-30(38)14-16-31(26)29-22-41(21-28-12-15-32(28)34(45-6)11-8-9-18-40(5)25(4)42)33-20-27(13-17-35(33)46-23-29)36(43)37(44)39-47-24(2)3;2*1-2/h8,11,13-14,16-17,19-20,24,28-29,32,34,36,43H,7,9-10,12,15,18,21-23H2,1-6H3,(H,39,44);2*1-2H3/b11-8+;;. The Labute approximate surface area is 317 Å². The molecule has 51 heavy (non-hydrogen) atoms. The summed E-state index contributed by atoms with van der Waals surface area (Å²) in [5, 5.41) is 12.0. The number of rotatable bonds is 15. The van der Waals surface area contributed by atoms with Gasteiger partial charge in [0.05, 0.1) is 18.4 Å². The number of anilines is 1. The highest BCUT2D eigenvalue weighted by Gasteiger charge is 2.39. The Morgan fingerprint density at radius 1 is 1.16 bits per heavy atom. The van der Waals surface area contributed by atoms with E-state index in [2.05, 4.69) is 40.8 Å². The van der Waals surface area contributed by atoms with Crippen molar-refractivity contribution in [3.63, 3.8) is 0 Å². The van der Waals surface area contributed by atoms with Crippen LogP contribution in [0.3, 0.4) is 0 Å². The van der Waals surface area contributed by atoms with Crippen LogP contribution in [0.4, 0.5) is 5.69 Å². The largest absolute Gasteiger partial charge is 0.491 e.